The number of ether oxygens (including phenoxy) is 1. The molecule has 20 heavy (non-hydrogen) atoms. The van der Waals surface area contributed by atoms with Crippen molar-refractivity contribution in [1.82, 2.24) is 9.80 Å². The number of oxime groups is 1. The third kappa shape index (κ3) is 2.04. The number of nitrogens with zero attached hydrogens (tertiary/aromatic N) is 3. The number of carboxylic acid groups (broad SMARTS) is 1. The number of amidine groups is 1. The minimum atomic E-state index is -0.931. The summed E-state index contributed by atoms with van der Waals surface area (Å²) in [5, 5.41) is 12.9. The number of methoxy groups -OCH3 is 1. The average Bonchev–Trinajstić information content (AvgIpc) is 3.02. The average molecular weight is 283 g/mol. The molecule has 3 heterocycles. The molecule has 110 valence electrons. The predicted octanol–water partition coefficient (Wildman–Crippen LogP) is -0.0525. The lowest BCUT2D eigenvalue weighted by atomic mass is 9.90. The van der Waals surface area contributed by atoms with E-state index >= 15 is 0 Å². The summed E-state index contributed by atoms with van der Waals surface area (Å²) in [6.45, 7) is 2.04. The molecule has 0 radical (unpaired) electrons. The van der Waals surface area contributed by atoms with Gasteiger partial charge in [0.25, 0.3) is 0 Å². The Morgan fingerprint density at radius 2 is 2.25 bits per heavy atom. The zero-order valence-corrected chi connectivity index (χ0v) is 11.2. The second-order valence-corrected chi connectivity index (χ2v) is 5.55. The molecule has 3 aliphatic rings. The molecule has 1 atom stereocenters. The van der Waals surface area contributed by atoms with Gasteiger partial charge in [-0.3, -0.25) is 9.69 Å². The number of rotatable bonds is 1. The normalized spacial score (nSPS) is 27.1. The highest BCUT2D eigenvalue weighted by molar-refractivity contribution is 5.86. The second kappa shape index (κ2) is 4.53. The van der Waals surface area contributed by atoms with E-state index in [1.54, 1.807) is 0 Å². The Balaban J connectivity index is 1.54. The molecule has 1 unspecified atom stereocenters. The lowest BCUT2D eigenvalue weighted by Gasteiger charge is -2.43. The van der Waals surface area contributed by atoms with Crippen LogP contribution in [0.5, 0.6) is 0 Å². The molecule has 1 N–H and O–H groups in total. The standard InChI is InChI=1S/C12H17N3O5/c1-19-10(16)8-2-3-14(5-8)9-4-12(20-13-9)6-15(7-12)11(17)18/h8H,2-7H2,1H3,(H,17,18). The van der Waals surface area contributed by atoms with Crippen LogP contribution in [0, 0.1) is 5.92 Å². The summed E-state index contributed by atoms with van der Waals surface area (Å²) in [6.07, 6.45) is 0.421. The van der Waals surface area contributed by atoms with E-state index < -0.39 is 11.7 Å². The van der Waals surface area contributed by atoms with Crippen LogP contribution in [0.2, 0.25) is 0 Å². The second-order valence-electron chi connectivity index (χ2n) is 5.55. The Morgan fingerprint density at radius 1 is 1.50 bits per heavy atom. The Hall–Kier alpha value is -1.99. The number of carbonyl (C=O) groups excluding carboxylic acids is 1. The summed E-state index contributed by atoms with van der Waals surface area (Å²) in [5.41, 5.74) is -0.489. The number of carbonyl (C=O) groups is 2. The zero-order chi connectivity index (χ0) is 14.3. The molecule has 0 saturated carbocycles. The lowest BCUT2D eigenvalue weighted by molar-refractivity contribution is -0.144. The van der Waals surface area contributed by atoms with Gasteiger partial charge in [0, 0.05) is 13.1 Å². The molecule has 8 nitrogen and oxygen atoms in total. The van der Waals surface area contributed by atoms with Crippen LogP contribution < -0.4 is 0 Å². The van der Waals surface area contributed by atoms with Gasteiger partial charge in [0.1, 0.15) is 5.84 Å². The zero-order valence-electron chi connectivity index (χ0n) is 11.2. The van der Waals surface area contributed by atoms with Crippen molar-refractivity contribution in [3.63, 3.8) is 0 Å². The Labute approximate surface area is 115 Å². The van der Waals surface area contributed by atoms with Crippen LogP contribution in [-0.4, -0.2) is 71.7 Å². The van der Waals surface area contributed by atoms with Crippen molar-refractivity contribution >= 4 is 17.9 Å². The van der Waals surface area contributed by atoms with Crippen molar-refractivity contribution in [3.8, 4) is 0 Å². The van der Waals surface area contributed by atoms with Gasteiger partial charge >= 0.3 is 12.1 Å². The van der Waals surface area contributed by atoms with Crippen molar-refractivity contribution in [2.24, 2.45) is 11.1 Å². The highest BCUT2D eigenvalue weighted by Crippen LogP contribution is 2.35. The van der Waals surface area contributed by atoms with Gasteiger partial charge < -0.3 is 19.6 Å². The molecule has 0 aromatic carbocycles. The molecular formula is C12H17N3O5. The van der Waals surface area contributed by atoms with E-state index in [-0.39, 0.29) is 11.9 Å². The van der Waals surface area contributed by atoms with E-state index in [0.29, 0.717) is 26.1 Å². The maximum atomic E-state index is 11.5. The molecule has 3 aliphatic heterocycles. The number of hydrogen-bond acceptors (Lipinski definition) is 6. The Bertz CT molecular complexity index is 472. The van der Waals surface area contributed by atoms with Crippen molar-refractivity contribution in [2.45, 2.75) is 18.4 Å². The predicted molar refractivity (Wildman–Crippen MR) is 67.2 cm³/mol. The lowest BCUT2D eigenvalue weighted by Crippen LogP contribution is -2.63. The highest BCUT2D eigenvalue weighted by Gasteiger charge is 2.53. The first-order valence-electron chi connectivity index (χ1n) is 6.59. The van der Waals surface area contributed by atoms with Crippen molar-refractivity contribution < 1.29 is 24.3 Å². The van der Waals surface area contributed by atoms with Crippen LogP contribution in [-0.2, 0) is 14.4 Å². The summed E-state index contributed by atoms with van der Waals surface area (Å²) in [5.74, 6) is 0.500. The molecule has 1 spiro atoms. The smallest absolute Gasteiger partial charge is 0.407 e. The van der Waals surface area contributed by atoms with E-state index in [0.717, 1.165) is 18.8 Å². The molecule has 2 fully saturated rings. The molecule has 0 aromatic rings. The van der Waals surface area contributed by atoms with Gasteiger partial charge in [-0.1, -0.05) is 5.16 Å². The Morgan fingerprint density at radius 3 is 2.90 bits per heavy atom. The van der Waals surface area contributed by atoms with Crippen LogP contribution in [0.4, 0.5) is 4.79 Å². The summed E-state index contributed by atoms with van der Waals surface area (Å²) in [6, 6.07) is 0. The minimum absolute atomic E-state index is 0.115. The Kier molecular flexibility index (Phi) is 2.95. The van der Waals surface area contributed by atoms with Crippen LogP contribution in [0.25, 0.3) is 0 Å². The molecule has 0 bridgehead atoms. The summed E-state index contributed by atoms with van der Waals surface area (Å²) < 4.78 is 4.75. The molecular weight excluding hydrogens is 266 g/mol. The molecule has 0 aromatic heterocycles. The van der Waals surface area contributed by atoms with Crippen LogP contribution in [0.15, 0.2) is 5.16 Å². The van der Waals surface area contributed by atoms with Crippen LogP contribution in [0.3, 0.4) is 0 Å². The number of hydrogen-bond donors (Lipinski definition) is 1. The van der Waals surface area contributed by atoms with Crippen molar-refractivity contribution in [1.29, 1.82) is 0 Å². The van der Waals surface area contributed by atoms with E-state index in [2.05, 4.69) is 5.16 Å². The number of amides is 1. The molecule has 3 rings (SSSR count). The van der Waals surface area contributed by atoms with Gasteiger partial charge in [0.05, 0.1) is 32.5 Å². The van der Waals surface area contributed by atoms with E-state index in [1.165, 1.54) is 12.0 Å². The van der Waals surface area contributed by atoms with Gasteiger partial charge in [-0.2, -0.15) is 0 Å². The summed E-state index contributed by atoms with van der Waals surface area (Å²) >= 11 is 0. The van der Waals surface area contributed by atoms with E-state index in [9.17, 15) is 9.59 Å². The molecule has 2 saturated heterocycles. The largest absolute Gasteiger partial charge is 0.469 e. The van der Waals surface area contributed by atoms with Crippen LogP contribution in [0.1, 0.15) is 12.8 Å². The first-order chi connectivity index (χ1) is 9.53. The summed E-state index contributed by atoms with van der Waals surface area (Å²) in [4.78, 5) is 31.0. The fourth-order valence-electron chi connectivity index (χ4n) is 2.98. The van der Waals surface area contributed by atoms with Crippen molar-refractivity contribution in [2.75, 3.05) is 33.3 Å². The van der Waals surface area contributed by atoms with E-state index in [1.807, 2.05) is 4.90 Å². The number of likely N-dealkylation sites (tertiary alicyclic amines) is 2. The fraction of sp³-hybridized carbons (Fsp3) is 0.750. The third-order valence-corrected chi connectivity index (χ3v) is 4.14. The fourth-order valence-corrected chi connectivity index (χ4v) is 2.98. The van der Waals surface area contributed by atoms with E-state index in [4.69, 9.17) is 14.7 Å². The van der Waals surface area contributed by atoms with Gasteiger partial charge in [-0.05, 0) is 6.42 Å². The van der Waals surface area contributed by atoms with Gasteiger partial charge in [-0.25, -0.2) is 4.79 Å². The SMILES string of the molecule is COC(=O)C1CCN(C2=NOC3(C2)CN(C(=O)O)C3)C1. The molecule has 8 heteroatoms. The van der Waals surface area contributed by atoms with Gasteiger partial charge in [0.15, 0.2) is 5.60 Å². The number of esters is 1. The molecule has 1 amide bonds. The maximum absolute atomic E-state index is 11.5. The highest BCUT2D eigenvalue weighted by atomic mass is 16.7. The van der Waals surface area contributed by atoms with Crippen molar-refractivity contribution in [3.05, 3.63) is 0 Å². The van der Waals surface area contributed by atoms with Gasteiger partial charge in [-0.15, -0.1) is 0 Å². The topological polar surface area (TPSA) is 91.7 Å². The minimum Gasteiger partial charge on any atom is -0.469 e. The quantitative estimate of drug-likeness (QED) is 0.678. The third-order valence-electron chi connectivity index (χ3n) is 4.14. The molecule has 0 aliphatic carbocycles. The van der Waals surface area contributed by atoms with Gasteiger partial charge in [0.2, 0.25) is 0 Å². The first kappa shape index (κ1) is 13.0. The summed E-state index contributed by atoms with van der Waals surface area (Å²) in [7, 11) is 1.39. The van der Waals surface area contributed by atoms with Crippen LogP contribution >= 0.6 is 0 Å². The monoisotopic (exact) mass is 283 g/mol. The first-order valence-corrected chi connectivity index (χ1v) is 6.59. The maximum Gasteiger partial charge on any atom is 0.407 e.